The van der Waals surface area contributed by atoms with Crippen LogP contribution in [0.2, 0.25) is 15.1 Å². The van der Waals surface area contributed by atoms with Gasteiger partial charge in [0.25, 0.3) is 5.91 Å². The number of benzene rings is 1. The van der Waals surface area contributed by atoms with Crippen molar-refractivity contribution in [3.63, 3.8) is 0 Å². The zero-order chi connectivity index (χ0) is 21.1. The molecule has 1 saturated heterocycles. The van der Waals surface area contributed by atoms with Gasteiger partial charge in [0.05, 0.1) is 26.6 Å². The van der Waals surface area contributed by atoms with Gasteiger partial charge in [-0.05, 0) is 26.3 Å². The van der Waals surface area contributed by atoms with Gasteiger partial charge in [0.2, 0.25) is 0 Å². The summed E-state index contributed by atoms with van der Waals surface area (Å²) in [6, 6.07) is 2.34. The Labute approximate surface area is 178 Å². The minimum Gasteiger partial charge on any atom is -0.480 e. The molecule has 0 spiro atoms. The fourth-order valence-electron chi connectivity index (χ4n) is 2.88. The van der Waals surface area contributed by atoms with Gasteiger partial charge in [-0.2, -0.15) is 0 Å². The molecule has 2 atom stereocenters. The van der Waals surface area contributed by atoms with Crippen LogP contribution in [0, 0.1) is 0 Å². The number of halogens is 3. The molecule has 2 rings (SSSR count). The van der Waals surface area contributed by atoms with Crippen LogP contribution in [-0.2, 0) is 24.2 Å². The molecule has 28 heavy (non-hydrogen) atoms. The Kier molecular flexibility index (Phi) is 7.84. The van der Waals surface area contributed by atoms with Gasteiger partial charge >= 0.3 is 5.97 Å². The van der Waals surface area contributed by atoms with Gasteiger partial charge in [-0.3, -0.25) is 4.79 Å². The molecule has 1 fully saturated rings. The van der Waals surface area contributed by atoms with Gasteiger partial charge in [-0.15, -0.1) is 0 Å². The van der Waals surface area contributed by atoms with Gasteiger partial charge < -0.3 is 14.4 Å². The van der Waals surface area contributed by atoms with E-state index >= 15 is 0 Å². The average molecular weight is 473 g/mol. The standard InChI is InChI=1S/C17H20Cl3NO6S/c1-3-21(11-4-5-28(24,25)9-11)17(23)10(2)27-16(22)8-26-15-7-13(19)12(18)6-14(15)20/h6-7,10-11H,3-5,8-9H2,1-2H3. The van der Waals surface area contributed by atoms with E-state index in [9.17, 15) is 18.0 Å². The number of sulfone groups is 1. The van der Waals surface area contributed by atoms with Crippen LogP contribution in [-0.4, -0.2) is 62.0 Å². The van der Waals surface area contributed by atoms with Crippen LogP contribution in [0.1, 0.15) is 20.3 Å². The number of amides is 1. The minimum absolute atomic E-state index is 0.0495. The predicted molar refractivity (Wildman–Crippen MR) is 107 cm³/mol. The Balaban J connectivity index is 1.92. The lowest BCUT2D eigenvalue weighted by Gasteiger charge is -2.29. The van der Waals surface area contributed by atoms with E-state index in [0.717, 1.165) is 0 Å². The largest absolute Gasteiger partial charge is 0.480 e. The molecule has 0 aromatic heterocycles. The Morgan fingerprint density at radius 1 is 1.21 bits per heavy atom. The van der Waals surface area contributed by atoms with Crippen molar-refractivity contribution in [3.8, 4) is 5.75 Å². The van der Waals surface area contributed by atoms with Crippen LogP contribution in [0.25, 0.3) is 0 Å². The van der Waals surface area contributed by atoms with E-state index in [1.54, 1.807) is 6.92 Å². The fraction of sp³-hybridized carbons (Fsp3) is 0.529. The molecular weight excluding hydrogens is 453 g/mol. The summed E-state index contributed by atoms with van der Waals surface area (Å²) in [5.74, 6) is -1.11. The molecule has 1 aromatic carbocycles. The highest BCUT2D eigenvalue weighted by molar-refractivity contribution is 7.91. The summed E-state index contributed by atoms with van der Waals surface area (Å²) in [5.41, 5.74) is 0. The molecule has 0 bridgehead atoms. The maximum atomic E-state index is 12.6. The Morgan fingerprint density at radius 2 is 1.86 bits per heavy atom. The minimum atomic E-state index is -3.14. The van der Waals surface area contributed by atoms with Crippen LogP contribution >= 0.6 is 34.8 Å². The van der Waals surface area contributed by atoms with Crippen LogP contribution < -0.4 is 4.74 Å². The van der Waals surface area contributed by atoms with Gasteiger partial charge in [-0.25, -0.2) is 13.2 Å². The van der Waals surface area contributed by atoms with Gasteiger partial charge in [0.1, 0.15) is 5.75 Å². The molecule has 1 heterocycles. The van der Waals surface area contributed by atoms with Crippen molar-refractivity contribution >= 4 is 56.5 Å². The summed E-state index contributed by atoms with van der Waals surface area (Å²) in [5, 5.41) is 0.628. The molecule has 0 aliphatic carbocycles. The lowest BCUT2D eigenvalue weighted by molar-refractivity contribution is -0.161. The summed E-state index contributed by atoms with van der Waals surface area (Å²) in [6.07, 6.45) is -0.703. The van der Waals surface area contributed by atoms with Gasteiger partial charge in [0, 0.05) is 18.7 Å². The Bertz CT molecular complexity index is 861. The van der Waals surface area contributed by atoms with E-state index in [2.05, 4.69) is 0 Å². The molecule has 0 radical (unpaired) electrons. The molecule has 2 unspecified atom stereocenters. The van der Waals surface area contributed by atoms with E-state index in [-0.39, 0.29) is 32.3 Å². The Hall–Kier alpha value is -1.22. The predicted octanol–water partition coefficient (Wildman–Crippen LogP) is 2.99. The first-order valence-electron chi connectivity index (χ1n) is 8.51. The van der Waals surface area contributed by atoms with Crippen molar-refractivity contribution in [1.29, 1.82) is 0 Å². The third-order valence-corrected chi connectivity index (χ3v) is 7.02. The van der Waals surface area contributed by atoms with Gasteiger partial charge in [-0.1, -0.05) is 34.8 Å². The highest BCUT2D eigenvalue weighted by Gasteiger charge is 2.36. The number of hydrogen-bond donors (Lipinski definition) is 0. The number of carbonyl (C=O) groups is 2. The monoisotopic (exact) mass is 471 g/mol. The zero-order valence-corrected chi connectivity index (χ0v) is 18.4. The molecule has 0 saturated carbocycles. The fourth-order valence-corrected chi connectivity index (χ4v) is 5.20. The van der Waals surface area contributed by atoms with Crippen molar-refractivity contribution in [1.82, 2.24) is 4.90 Å². The average Bonchev–Trinajstić information content (AvgIpc) is 2.97. The maximum absolute atomic E-state index is 12.6. The van der Waals surface area contributed by atoms with E-state index in [0.29, 0.717) is 13.0 Å². The third-order valence-electron chi connectivity index (χ3n) is 4.25. The van der Waals surface area contributed by atoms with Crippen molar-refractivity contribution in [2.24, 2.45) is 0 Å². The summed E-state index contributed by atoms with van der Waals surface area (Å²) < 4.78 is 33.7. The number of ether oxygens (including phenoxy) is 2. The molecular formula is C17H20Cl3NO6S. The van der Waals surface area contributed by atoms with Crippen LogP contribution in [0.4, 0.5) is 0 Å². The molecule has 1 amide bonds. The van der Waals surface area contributed by atoms with Crippen molar-refractivity contribution < 1.29 is 27.5 Å². The number of esters is 1. The first-order valence-corrected chi connectivity index (χ1v) is 11.5. The molecule has 11 heteroatoms. The van der Waals surface area contributed by atoms with E-state index in [1.807, 2.05) is 0 Å². The quantitative estimate of drug-likeness (QED) is 0.448. The number of nitrogens with zero attached hydrogens (tertiary/aromatic N) is 1. The molecule has 156 valence electrons. The topological polar surface area (TPSA) is 90.0 Å². The van der Waals surface area contributed by atoms with Crippen molar-refractivity contribution in [2.45, 2.75) is 32.4 Å². The van der Waals surface area contributed by atoms with Crippen molar-refractivity contribution in [2.75, 3.05) is 24.7 Å². The van der Waals surface area contributed by atoms with E-state index in [4.69, 9.17) is 44.3 Å². The second-order valence-electron chi connectivity index (χ2n) is 6.30. The normalized spacial score (nSPS) is 19.1. The van der Waals surface area contributed by atoms with E-state index < -0.39 is 40.5 Å². The zero-order valence-electron chi connectivity index (χ0n) is 15.3. The number of carbonyl (C=O) groups excluding carboxylic acids is 2. The summed E-state index contributed by atoms with van der Waals surface area (Å²) >= 11 is 17.7. The summed E-state index contributed by atoms with van der Waals surface area (Å²) in [7, 11) is -3.14. The van der Waals surface area contributed by atoms with Crippen LogP contribution in [0.5, 0.6) is 5.75 Å². The summed E-state index contributed by atoms with van der Waals surface area (Å²) in [6.45, 7) is 3.00. The van der Waals surface area contributed by atoms with Crippen LogP contribution in [0.3, 0.4) is 0 Å². The number of likely N-dealkylation sites (N-methyl/N-ethyl adjacent to an activating group) is 1. The maximum Gasteiger partial charge on any atom is 0.344 e. The smallest absolute Gasteiger partial charge is 0.344 e. The first kappa shape index (κ1) is 23.1. The second kappa shape index (κ2) is 9.52. The molecule has 0 N–H and O–H groups in total. The first-order chi connectivity index (χ1) is 13.0. The molecule has 1 aromatic rings. The summed E-state index contributed by atoms with van der Waals surface area (Å²) in [4.78, 5) is 26.0. The number of rotatable bonds is 7. The highest BCUT2D eigenvalue weighted by Crippen LogP contribution is 2.33. The lowest BCUT2D eigenvalue weighted by Crippen LogP contribution is -2.46. The van der Waals surface area contributed by atoms with E-state index in [1.165, 1.54) is 24.0 Å². The molecule has 1 aliphatic rings. The van der Waals surface area contributed by atoms with Gasteiger partial charge in [0.15, 0.2) is 22.5 Å². The molecule has 7 nitrogen and oxygen atoms in total. The number of hydrogen-bond acceptors (Lipinski definition) is 6. The molecule has 1 aliphatic heterocycles. The second-order valence-corrected chi connectivity index (χ2v) is 9.75. The van der Waals surface area contributed by atoms with Crippen LogP contribution in [0.15, 0.2) is 12.1 Å². The van der Waals surface area contributed by atoms with Crippen molar-refractivity contribution in [3.05, 3.63) is 27.2 Å². The SMILES string of the molecule is CCN(C(=O)C(C)OC(=O)COc1cc(Cl)c(Cl)cc1Cl)C1CCS(=O)(=O)C1. The third kappa shape index (κ3) is 5.89. The lowest BCUT2D eigenvalue weighted by atomic mass is 10.2. The Morgan fingerprint density at radius 3 is 2.43 bits per heavy atom. The highest BCUT2D eigenvalue weighted by atomic mass is 35.5.